The number of amidine groups is 1. The maximum atomic E-state index is 7.29. The molecule has 0 aliphatic heterocycles. The van der Waals surface area contributed by atoms with Gasteiger partial charge in [-0.25, -0.2) is 0 Å². The van der Waals surface area contributed by atoms with Crippen molar-refractivity contribution in [3.8, 4) is 11.5 Å². The van der Waals surface area contributed by atoms with Crippen LogP contribution in [0.5, 0.6) is 11.5 Å². The standard InChI is InChI=1S/C15H15ClN2O2/c16-13-3-1-2-4-14(13)20-10-9-19-12-7-5-11(6-8-12)15(17)18/h1-8H,9-10H2,(H3,17,18). The molecule has 0 heterocycles. The van der Waals surface area contributed by atoms with Crippen molar-refractivity contribution in [3.63, 3.8) is 0 Å². The second-order valence-corrected chi connectivity index (χ2v) is 4.47. The zero-order chi connectivity index (χ0) is 14.4. The van der Waals surface area contributed by atoms with E-state index in [0.717, 1.165) is 0 Å². The van der Waals surface area contributed by atoms with Crippen LogP contribution in [0.25, 0.3) is 0 Å². The summed E-state index contributed by atoms with van der Waals surface area (Å²) in [6, 6.07) is 14.3. The molecule has 0 radical (unpaired) electrons. The summed E-state index contributed by atoms with van der Waals surface area (Å²) in [4.78, 5) is 0. The highest BCUT2D eigenvalue weighted by molar-refractivity contribution is 6.32. The molecule has 2 aromatic carbocycles. The number of rotatable bonds is 6. The lowest BCUT2D eigenvalue weighted by atomic mass is 10.2. The Balaban J connectivity index is 1.79. The van der Waals surface area contributed by atoms with E-state index >= 15 is 0 Å². The van der Waals surface area contributed by atoms with Gasteiger partial charge in [0.15, 0.2) is 0 Å². The topological polar surface area (TPSA) is 68.3 Å². The monoisotopic (exact) mass is 290 g/mol. The molecule has 0 aliphatic carbocycles. The fourth-order valence-corrected chi connectivity index (χ4v) is 1.79. The molecule has 0 fully saturated rings. The minimum absolute atomic E-state index is 0.0404. The summed E-state index contributed by atoms with van der Waals surface area (Å²) < 4.78 is 11.0. The molecule has 0 saturated carbocycles. The molecule has 20 heavy (non-hydrogen) atoms. The summed E-state index contributed by atoms with van der Waals surface area (Å²) >= 11 is 5.97. The van der Waals surface area contributed by atoms with E-state index in [-0.39, 0.29) is 5.84 Å². The molecular weight excluding hydrogens is 276 g/mol. The predicted molar refractivity (Wildman–Crippen MR) is 79.9 cm³/mol. The molecular formula is C15H15ClN2O2. The highest BCUT2D eigenvalue weighted by Gasteiger charge is 2.00. The molecule has 0 saturated heterocycles. The lowest BCUT2D eigenvalue weighted by Gasteiger charge is -2.09. The van der Waals surface area contributed by atoms with Crippen molar-refractivity contribution in [1.82, 2.24) is 0 Å². The fraction of sp³-hybridized carbons (Fsp3) is 0.133. The van der Waals surface area contributed by atoms with Crippen molar-refractivity contribution in [3.05, 3.63) is 59.1 Å². The largest absolute Gasteiger partial charge is 0.490 e. The maximum Gasteiger partial charge on any atom is 0.138 e. The Hall–Kier alpha value is -2.20. The van der Waals surface area contributed by atoms with Gasteiger partial charge in [-0.1, -0.05) is 23.7 Å². The first-order chi connectivity index (χ1) is 9.66. The van der Waals surface area contributed by atoms with Crippen LogP contribution < -0.4 is 15.2 Å². The third-order valence-corrected chi connectivity index (χ3v) is 2.92. The number of hydrogen-bond donors (Lipinski definition) is 2. The van der Waals surface area contributed by atoms with Crippen LogP contribution in [0.1, 0.15) is 5.56 Å². The molecule has 2 rings (SSSR count). The highest BCUT2D eigenvalue weighted by Crippen LogP contribution is 2.22. The predicted octanol–water partition coefficient (Wildman–Crippen LogP) is 3.08. The van der Waals surface area contributed by atoms with Crippen molar-refractivity contribution in [2.75, 3.05) is 13.2 Å². The van der Waals surface area contributed by atoms with Gasteiger partial charge in [0.25, 0.3) is 0 Å². The van der Waals surface area contributed by atoms with E-state index in [4.69, 9.17) is 32.2 Å². The van der Waals surface area contributed by atoms with Gasteiger partial charge in [-0.05, 0) is 36.4 Å². The van der Waals surface area contributed by atoms with Crippen molar-refractivity contribution in [2.45, 2.75) is 0 Å². The molecule has 0 unspecified atom stereocenters. The first kappa shape index (κ1) is 14.2. The Morgan fingerprint density at radius 2 is 1.65 bits per heavy atom. The molecule has 0 bridgehead atoms. The molecule has 2 aromatic rings. The summed E-state index contributed by atoms with van der Waals surface area (Å²) in [6.45, 7) is 0.808. The molecule has 3 N–H and O–H groups in total. The first-order valence-electron chi connectivity index (χ1n) is 6.11. The summed E-state index contributed by atoms with van der Waals surface area (Å²) in [6.07, 6.45) is 0. The zero-order valence-electron chi connectivity index (χ0n) is 10.8. The number of halogens is 1. The number of nitrogen functional groups attached to an aromatic ring is 1. The van der Waals surface area contributed by atoms with Gasteiger partial charge in [0, 0.05) is 5.56 Å². The summed E-state index contributed by atoms with van der Waals surface area (Å²) in [5, 5.41) is 7.88. The Labute approximate surface area is 122 Å². The Morgan fingerprint density at radius 3 is 2.30 bits per heavy atom. The van der Waals surface area contributed by atoms with Crippen molar-refractivity contribution < 1.29 is 9.47 Å². The van der Waals surface area contributed by atoms with Gasteiger partial charge >= 0.3 is 0 Å². The van der Waals surface area contributed by atoms with E-state index in [2.05, 4.69) is 0 Å². The first-order valence-corrected chi connectivity index (χ1v) is 6.49. The van der Waals surface area contributed by atoms with Crippen LogP contribution in [-0.2, 0) is 0 Å². The summed E-state index contributed by atoms with van der Waals surface area (Å²) in [5.74, 6) is 1.39. The van der Waals surface area contributed by atoms with Crippen LogP contribution in [0.15, 0.2) is 48.5 Å². The van der Waals surface area contributed by atoms with E-state index in [9.17, 15) is 0 Å². The molecule has 104 valence electrons. The van der Waals surface area contributed by atoms with Crippen LogP contribution in [0.2, 0.25) is 5.02 Å². The summed E-state index contributed by atoms with van der Waals surface area (Å²) in [7, 11) is 0. The normalized spacial score (nSPS) is 10.1. The molecule has 4 nitrogen and oxygen atoms in total. The number of para-hydroxylation sites is 1. The quantitative estimate of drug-likeness (QED) is 0.488. The molecule has 0 aromatic heterocycles. The second-order valence-electron chi connectivity index (χ2n) is 4.07. The lowest BCUT2D eigenvalue weighted by Crippen LogP contribution is -2.11. The highest BCUT2D eigenvalue weighted by atomic mass is 35.5. The Bertz CT molecular complexity index is 585. The minimum atomic E-state index is 0.0404. The molecule has 0 aliphatic rings. The lowest BCUT2D eigenvalue weighted by molar-refractivity contribution is 0.217. The Morgan fingerprint density at radius 1 is 1.00 bits per heavy atom. The molecule has 0 spiro atoms. The minimum Gasteiger partial charge on any atom is -0.490 e. The number of hydrogen-bond acceptors (Lipinski definition) is 3. The molecule has 0 atom stereocenters. The van der Waals surface area contributed by atoms with Crippen LogP contribution in [0.3, 0.4) is 0 Å². The van der Waals surface area contributed by atoms with Crippen molar-refractivity contribution in [2.24, 2.45) is 5.73 Å². The number of nitrogens with two attached hydrogens (primary N) is 1. The molecule has 0 amide bonds. The number of nitrogens with one attached hydrogen (secondary N) is 1. The number of ether oxygens (including phenoxy) is 2. The van der Waals surface area contributed by atoms with Gasteiger partial charge in [-0.15, -0.1) is 0 Å². The van der Waals surface area contributed by atoms with E-state index in [1.807, 2.05) is 18.2 Å². The van der Waals surface area contributed by atoms with Crippen LogP contribution in [0, 0.1) is 5.41 Å². The van der Waals surface area contributed by atoms with Gasteiger partial charge in [0.1, 0.15) is 30.5 Å². The van der Waals surface area contributed by atoms with Gasteiger partial charge < -0.3 is 15.2 Å². The SMILES string of the molecule is N=C(N)c1ccc(OCCOc2ccccc2Cl)cc1. The van der Waals surface area contributed by atoms with Crippen molar-refractivity contribution in [1.29, 1.82) is 5.41 Å². The van der Waals surface area contributed by atoms with Crippen LogP contribution in [0.4, 0.5) is 0 Å². The van der Waals surface area contributed by atoms with E-state index in [1.54, 1.807) is 30.3 Å². The van der Waals surface area contributed by atoms with Gasteiger partial charge in [-0.2, -0.15) is 0 Å². The average Bonchev–Trinajstić information content (AvgIpc) is 2.46. The van der Waals surface area contributed by atoms with E-state index < -0.39 is 0 Å². The third kappa shape index (κ3) is 3.90. The van der Waals surface area contributed by atoms with Gasteiger partial charge in [0.2, 0.25) is 0 Å². The Kier molecular flexibility index (Phi) is 4.85. The van der Waals surface area contributed by atoms with E-state index in [0.29, 0.717) is 35.3 Å². The zero-order valence-corrected chi connectivity index (χ0v) is 11.6. The fourth-order valence-electron chi connectivity index (χ4n) is 1.60. The van der Waals surface area contributed by atoms with Crippen molar-refractivity contribution >= 4 is 17.4 Å². The third-order valence-electron chi connectivity index (χ3n) is 2.61. The second kappa shape index (κ2) is 6.82. The smallest absolute Gasteiger partial charge is 0.138 e. The van der Waals surface area contributed by atoms with Crippen LogP contribution >= 0.6 is 11.6 Å². The maximum absolute atomic E-state index is 7.29. The summed E-state index contributed by atoms with van der Waals surface area (Å²) in [5.41, 5.74) is 6.05. The number of benzene rings is 2. The van der Waals surface area contributed by atoms with Crippen LogP contribution in [-0.4, -0.2) is 19.0 Å². The van der Waals surface area contributed by atoms with Gasteiger partial charge in [-0.3, -0.25) is 5.41 Å². The van der Waals surface area contributed by atoms with E-state index in [1.165, 1.54) is 0 Å². The van der Waals surface area contributed by atoms with Gasteiger partial charge in [0.05, 0.1) is 5.02 Å². The average molecular weight is 291 g/mol. The molecule has 5 heteroatoms.